The van der Waals surface area contributed by atoms with Crippen molar-refractivity contribution in [3.8, 4) is 0 Å². The highest BCUT2D eigenvalue weighted by molar-refractivity contribution is 7.99. The minimum absolute atomic E-state index is 0.228. The second kappa shape index (κ2) is 5.67. The number of aromatic nitrogens is 4. The van der Waals surface area contributed by atoms with Crippen LogP contribution in [0.2, 0.25) is 0 Å². The summed E-state index contributed by atoms with van der Waals surface area (Å²) in [5.41, 5.74) is 0.676. The summed E-state index contributed by atoms with van der Waals surface area (Å²) in [5, 5.41) is 11.3. The molecule has 0 atom stereocenters. The summed E-state index contributed by atoms with van der Waals surface area (Å²) in [6.07, 6.45) is 2.02. The number of anilines is 1. The molecular weight excluding hydrogens is 254 g/mol. The lowest BCUT2D eigenvalue weighted by Gasteiger charge is -2.04. The van der Waals surface area contributed by atoms with Gasteiger partial charge in [0, 0.05) is 12.8 Å². The molecule has 0 aliphatic rings. The summed E-state index contributed by atoms with van der Waals surface area (Å²) < 4.78 is 4.59. The maximum Gasteiger partial charge on any atom is 0.306 e. The third kappa shape index (κ3) is 2.70. The Kier molecular flexibility index (Phi) is 3.98. The quantitative estimate of drug-likeness (QED) is 0.475. The molecule has 2 aromatic rings. The zero-order valence-electron chi connectivity index (χ0n) is 10.1. The fourth-order valence-corrected chi connectivity index (χ4v) is 2.28. The van der Waals surface area contributed by atoms with Crippen LogP contribution in [0, 0.1) is 0 Å². The van der Waals surface area contributed by atoms with E-state index in [2.05, 4.69) is 30.2 Å². The number of carbonyl (C=O) groups excluding carboxylic acids is 1. The third-order valence-corrected chi connectivity index (χ3v) is 3.26. The van der Waals surface area contributed by atoms with Gasteiger partial charge in [0.25, 0.3) is 0 Å². The summed E-state index contributed by atoms with van der Waals surface area (Å²) in [4.78, 5) is 19.6. The topological polar surface area (TPSA) is 92.8 Å². The molecule has 0 saturated heterocycles. The molecule has 2 N–H and O–H groups in total. The molecule has 0 saturated carbocycles. The van der Waals surface area contributed by atoms with Gasteiger partial charge in [-0.3, -0.25) is 9.89 Å². The Bertz CT molecular complexity index is 556. The molecule has 7 nitrogen and oxygen atoms in total. The van der Waals surface area contributed by atoms with Crippen LogP contribution in [0.15, 0.2) is 11.2 Å². The van der Waals surface area contributed by atoms with Crippen molar-refractivity contribution < 1.29 is 9.53 Å². The van der Waals surface area contributed by atoms with Crippen molar-refractivity contribution in [2.75, 3.05) is 25.2 Å². The highest BCUT2D eigenvalue weighted by Gasteiger charge is 2.10. The molecule has 2 rings (SSSR count). The number of hydrogen-bond donors (Lipinski definition) is 2. The molecule has 0 fully saturated rings. The summed E-state index contributed by atoms with van der Waals surface area (Å²) in [5.74, 6) is 0.897. The van der Waals surface area contributed by atoms with E-state index in [4.69, 9.17) is 0 Å². The molecule has 96 valence electrons. The van der Waals surface area contributed by atoms with Gasteiger partial charge in [-0.05, 0) is 0 Å². The Morgan fingerprint density at radius 3 is 3.11 bits per heavy atom. The molecule has 18 heavy (non-hydrogen) atoms. The highest BCUT2D eigenvalue weighted by atomic mass is 32.2. The fraction of sp³-hybridized carbons (Fsp3) is 0.400. The first-order valence-electron chi connectivity index (χ1n) is 5.33. The van der Waals surface area contributed by atoms with Crippen molar-refractivity contribution in [1.82, 2.24) is 20.2 Å². The maximum atomic E-state index is 11.0. The van der Waals surface area contributed by atoms with E-state index < -0.39 is 0 Å². The molecule has 8 heteroatoms. The van der Waals surface area contributed by atoms with Gasteiger partial charge in [-0.15, -0.1) is 11.8 Å². The molecule has 0 unspecified atom stereocenters. The summed E-state index contributed by atoms with van der Waals surface area (Å²) >= 11 is 1.48. The number of H-pyrrole nitrogens is 1. The number of esters is 1. The van der Waals surface area contributed by atoms with Crippen molar-refractivity contribution in [1.29, 1.82) is 0 Å². The average molecular weight is 267 g/mol. The highest BCUT2D eigenvalue weighted by Crippen LogP contribution is 2.25. The number of rotatable bonds is 5. The lowest BCUT2D eigenvalue weighted by molar-refractivity contribution is -0.140. The van der Waals surface area contributed by atoms with Gasteiger partial charge in [-0.2, -0.15) is 10.1 Å². The van der Waals surface area contributed by atoms with Gasteiger partial charge in [0.2, 0.25) is 5.95 Å². The molecule has 0 spiro atoms. The van der Waals surface area contributed by atoms with Crippen LogP contribution in [0.4, 0.5) is 5.95 Å². The van der Waals surface area contributed by atoms with Crippen LogP contribution in [0.3, 0.4) is 0 Å². The Hall–Kier alpha value is -1.83. The molecule has 0 bridgehead atoms. The van der Waals surface area contributed by atoms with Crippen LogP contribution in [0.25, 0.3) is 11.0 Å². The fourth-order valence-electron chi connectivity index (χ4n) is 1.36. The first kappa shape index (κ1) is 12.6. The molecule has 0 radical (unpaired) electrons. The minimum Gasteiger partial charge on any atom is -0.469 e. The number of methoxy groups -OCH3 is 1. The predicted octanol–water partition coefficient (Wildman–Crippen LogP) is 1.05. The van der Waals surface area contributed by atoms with Gasteiger partial charge in [0.15, 0.2) is 5.65 Å². The molecule has 0 aliphatic carbocycles. The number of aromatic amines is 1. The van der Waals surface area contributed by atoms with E-state index >= 15 is 0 Å². The molecule has 0 aromatic carbocycles. The number of carbonyl (C=O) groups is 1. The van der Waals surface area contributed by atoms with Gasteiger partial charge >= 0.3 is 5.97 Å². The Labute approximate surface area is 108 Å². The van der Waals surface area contributed by atoms with Crippen LogP contribution in [0.1, 0.15) is 6.42 Å². The van der Waals surface area contributed by atoms with E-state index in [9.17, 15) is 4.79 Å². The van der Waals surface area contributed by atoms with Gasteiger partial charge in [0.05, 0.1) is 25.1 Å². The number of thioether (sulfide) groups is 1. The number of nitrogens with zero attached hydrogens (tertiary/aromatic N) is 3. The van der Waals surface area contributed by atoms with Crippen LogP contribution in [-0.4, -0.2) is 46.0 Å². The lowest BCUT2D eigenvalue weighted by Crippen LogP contribution is -2.02. The van der Waals surface area contributed by atoms with Crippen LogP contribution >= 0.6 is 11.8 Å². The van der Waals surface area contributed by atoms with E-state index in [0.29, 0.717) is 23.8 Å². The molecule has 0 aliphatic heterocycles. The largest absolute Gasteiger partial charge is 0.469 e. The van der Waals surface area contributed by atoms with Crippen molar-refractivity contribution in [3.63, 3.8) is 0 Å². The Balaban J connectivity index is 2.15. The standard InChI is InChI=1S/C10H13N5O2S/c1-11-10-13-8-6(5-12-15-8)9(14-10)18-4-3-7(16)17-2/h5H,3-4H2,1-2H3,(H2,11,12,13,14,15). The summed E-state index contributed by atoms with van der Waals surface area (Å²) in [7, 11) is 3.13. The van der Waals surface area contributed by atoms with Crippen molar-refractivity contribution in [2.24, 2.45) is 0 Å². The maximum absolute atomic E-state index is 11.0. The zero-order chi connectivity index (χ0) is 13.0. The molecule has 2 aromatic heterocycles. The average Bonchev–Trinajstić information content (AvgIpc) is 2.86. The first-order chi connectivity index (χ1) is 8.74. The SMILES string of the molecule is CNc1nc(SCCC(=O)OC)c2cn[nH]c2n1. The smallest absolute Gasteiger partial charge is 0.306 e. The minimum atomic E-state index is -0.228. The number of hydrogen-bond acceptors (Lipinski definition) is 7. The second-order valence-corrected chi connectivity index (χ2v) is 4.49. The second-order valence-electron chi connectivity index (χ2n) is 3.41. The van der Waals surface area contributed by atoms with Crippen molar-refractivity contribution in [3.05, 3.63) is 6.20 Å². The first-order valence-corrected chi connectivity index (χ1v) is 6.31. The lowest BCUT2D eigenvalue weighted by atomic mass is 10.4. The van der Waals surface area contributed by atoms with Crippen LogP contribution in [0.5, 0.6) is 0 Å². The van der Waals surface area contributed by atoms with E-state index in [1.807, 2.05) is 0 Å². The van der Waals surface area contributed by atoms with Crippen molar-refractivity contribution in [2.45, 2.75) is 11.4 Å². The van der Waals surface area contributed by atoms with Crippen molar-refractivity contribution >= 4 is 34.7 Å². The van der Waals surface area contributed by atoms with E-state index in [1.54, 1.807) is 13.2 Å². The van der Waals surface area contributed by atoms with E-state index in [1.165, 1.54) is 18.9 Å². The molecular formula is C10H13N5O2S. The molecule has 2 heterocycles. The van der Waals surface area contributed by atoms with Crippen LogP contribution < -0.4 is 5.32 Å². The summed E-state index contributed by atoms with van der Waals surface area (Å²) in [6.45, 7) is 0. The predicted molar refractivity (Wildman–Crippen MR) is 68.6 cm³/mol. The van der Waals surface area contributed by atoms with Crippen LogP contribution in [-0.2, 0) is 9.53 Å². The zero-order valence-corrected chi connectivity index (χ0v) is 10.9. The monoisotopic (exact) mass is 267 g/mol. The van der Waals surface area contributed by atoms with Gasteiger partial charge in [-0.25, -0.2) is 4.98 Å². The van der Waals surface area contributed by atoms with Gasteiger partial charge in [0.1, 0.15) is 5.03 Å². The Morgan fingerprint density at radius 2 is 2.39 bits per heavy atom. The normalized spacial score (nSPS) is 10.6. The van der Waals surface area contributed by atoms with E-state index in [-0.39, 0.29) is 5.97 Å². The summed E-state index contributed by atoms with van der Waals surface area (Å²) in [6, 6.07) is 0. The molecule has 0 amide bonds. The number of fused-ring (bicyclic) bond motifs is 1. The number of ether oxygens (including phenoxy) is 1. The third-order valence-electron chi connectivity index (χ3n) is 2.27. The van der Waals surface area contributed by atoms with Gasteiger partial charge < -0.3 is 10.1 Å². The van der Waals surface area contributed by atoms with Gasteiger partial charge in [-0.1, -0.05) is 0 Å². The Morgan fingerprint density at radius 1 is 1.56 bits per heavy atom. The van der Waals surface area contributed by atoms with E-state index in [0.717, 1.165) is 10.4 Å². The number of nitrogens with one attached hydrogen (secondary N) is 2.